The highest BCUT2D eigenvalue weighted by atomic mass is 28.4. The van der Waals surface area contributed by atoms with E-state index in [4.69, 9.17) is 4.43 Å². The molecule has 1 rings (SSSR count). The quantitative estimate of drug-likeness (QED) is 0.626. The lowest BCUT2D eigenvalue weighted by molar-refractivity contribution is 0.184. The Balaban J connectivity index is 2.51. The Labute approximate surface area is 90.4 Å². The molecule has 0 radical (unpaired) electrons. The topological polar surface area (TPSA) is 9.23 Å². The van der Waals surface area contributed by atoms with Crippen LogP contribution in [0.5, 0.6) is 0 Å². The van der Waals surface area contributed by atoms with Crippen molar-refractivity contribution < 1.29 is 4.43 Å². The van der Waals surface area contributed by atoms with Gasteiger partial charge in [-0.05, 0) is 43.3 Å². The largest absolute Gasteiger partial charge is 0.414 e. The highest BCUT2D eigenvalue weighted by molar-refractivity contribution is 6.74. The van der Waals surface area contributed by atoms with Crippen molar-refractivity contribution in [3.8, 4) is 0 Å². The SMILES string of the molecule is CC1CCC(O[Si](C)(C)C(C)(C)C)C1. The molecule has 84 valence electrons. The van der Waals surface area contributed by atoms with Gasteiger partial charge in [-0.3, -0.25) is 0 Å². The molecular weight excluding hydrogens is 188 g/mol. The maximum atomic E-state index is 6.37. The van der Waals surface area contributed by atoms with E-state index in [-0.39, 0.29) is 0 Å². The fourth-order valence-corrected chi connectivity index (χ4v) is 3.26. The molecule has 2 atom stereocenters. The minimum atomic E-state index is -1.50. The summed E-state index contributed by atoms with van der Waals surface area (Å²) in [5, 5.41) is 0.360. The summed E-state index contributed by atoms with van der Waals surface area (Å²) in [7, 11) is -1.50. The molecule has 1 saturated carbocycles. The van der Waals surface area contributed by atoms with Crippen LogP contribution in [0.3, 0.4) is 0 Å². The minimum absolute atomic E-state index is 0.360. The monoisotopic (exact) mass is 214 g/mol. The van der Waals surface area contributed by atoms with Gasteiger partial charge in [0.05, 0.1) is 0 Å². The normalized spacial score (nSPS) is 29.6. The Hall–Kier alpha value is 0.177. The third kappa shape index (κ3) is 2.83. The van der Waals surface area contributed by atoms with Crippen LogP contribution in [0.15, 0.2) is 0 Å². The Morgan fingerprint density at radius 1 is 1.14 bits per heavy atom. The first-order chi connectivity index (χ1) is 6.22. The first-order valence-corrected chi connectivity index (χ1v) is 8.81. The molecule has 1 aliphatic carbocycles. The number of rotatable bonds is 2. The zero-order valence-corrected chi connectivity index (χ0v) is 11.7. The lowest BCUT2D eigenvalue weighted by Crippen LogP contribution is -2.43. The molecule has 2 heteroatoms. The molecule has 0 N–H and O–H groups in total. The van der Waals surface area contributed by atoms with E-state index in [2.05, 4.69) is 40.8 Å². The lowest BCUT2D eigenvalue weighted by Gasteiger charge is -2.38. The van der Waals surface area contributed by atoms with Gasteiger partial charge in [-0.15, -0.1) is 0 Å². The van der Waals surface area contributed by atoms with Crippen molar-refractivity contribution in [1.29, 1.82) is 0 Å². The van der Waals surface area contributed by atoms with Crippen LogP contribution in [0, 0.1) is 5.92 Å². The first kappa shape index (κ1) is 12.2. The van der Waals surface area contributed by atoms with Crippen LogP contribution in [0.2, 0.25) is 18.1 Å². The van der Waals surface area contributed by atoms with Crippen LogP contribution >= 0.6 is 0 Å². The third-order valence-electron chi connectivity index (χ3n) is 3.91. The lowest BCUT2D eigenvalue weighted by atomic mass is 10.1. The van der Waals surface area contributed by atoms with Gasteiger partial charge in [0.15, 0.2) is 8.32 Å². The first-order valence-electron chi connectivity index (χ1n) is 5.90. The minimum Gasteiger partial charge on any atom is -0.414 e. The Morgan fingerprint density at radius 3 is 2.07 bits per heavy atom. The van der Waals surface area contributed by atoms with Gasteiger partial charge >= 0.3 is 0 Å². The van der Waals surface area contributed by atoms with Crippen molar-refractivity contribution in [3.63, 3.8) is 0 Å². The van der Waals surface area contributed by atoms with E-state index in [1.54, 1.807) is 0 Å². The van der Waals surface area contributed by atoms with E-state index in [1.165, 1.54) is 19.3 Å². The fourth-order valence-electron chi connectivity index (χ4n) is 1.86. The molecule has 0 aromatic heterocycles. The van der Waals surface area contributed by atoms with E-state index in [9.17, 15) is 0 Å². The van der Waals surface area contributed by atoms with E-state index in [1.807, 2.05) is 0 Å². The Kier molecular flexibility index (Phi) is 3.48. The van der Waals surface area contributed by atoms with Gasteiger partial charge in [0.1, 0.15) is 0 Å². The summed E-state index contributed by atoms with van der Waals surface area (Å²) in [6.45, 7) is 14.0. The predicted octanol–water partition coefficient (Wildman–Crippen LogP) is 4.20. The van der Waals surface area contributed by atoms with Gasteiger partial charge < -0.3 is 4.43 Å². The zero-order chi connectivity index (χ0) is 11.0. The molecule has 1 fully saturated rings. The molecular formula is C12H26OSi. The van der Waals surface area contributed by atoms with Crippen LogP contribution in [0.4, 0.5) is 0 Å². The maximum absolute atomic E-state index is 6.37. The molecule has 0 heterocycles. The van der Waals surface area contributed by atoms with Crippen molar-refractivity contribution >= 4 is 8.32 Å². The molecule has 0 amide bonds. The molecule has 0 spiro atoms. The summed E-state index contributed by atoms with van der Waals surface area (Å²) in [5.74, 6) is 0.879. The van der Waals surface area contributed by atoms with E-state index in [0.717, 1.165) is 5.92 Å². The molecule has 0 aromatic rings. The Bertz CT molecular complexity index is 193. The van der Waals surface area contributed by atoms with Crippen LogP contribution < -0.4 is 0 Å². The summed E-state index contributed by atoms with van der Waals surface area (Å²) in [6.07, 6.45) is 4.49. The van der Waals surface area contributed by atoms with Gasteiger partial charge in [-0.1, -0.05) is 27.7 Å². The average Bonchev–Trinajstić information content (AvgIpc) is 2.31. The summed E-state index contributed by atoms with van der Waals surface area (Å²) in [6, 6.07) is 0. The van der Waals surface area contributed by atoms with Gasteiger partial charge in [0.25, 0.3) is 0 Å². The molecule has 0 saturated heterocycles. The molecule has 1 nitrogen and oxygen atoms in total. The second-order valence-corrected chi connectivity index (χ2v) is 11.2. The molecule has 14 heavy (non-hydrogen) atoms. The average molecular weight is 214 g/mol. The van der Waals surface area contributed by atoms with Gasteiger partial charge in [-0.2, -0.15) is 0 Å². The third-order valence-corrected chi connectivity index (χ3v) is 8.45. The molecule has 0 aliphatic heterocycles. The second-order valence-electron chi connectivity index (χ2n) is 6.42. The van der Waals surface area contributed by atoms with Crippen LogP contribution in [0.1, 0.15) is 47.0 Å². The summed E-state index contributed by atoms with van der Waals surface area (Å²) >= 11 is 0. The summed E-state index contributed by atoms with van der Waals surface area (Å²) in [4.78, 5) is 0. The van der Waals surface area contributed by atoms with Gasteiger partial charge in [0, 0.05) is 6.10 Å². The molecule has 0 bridgehead atoms. The molecule has 0 aromatic carbocycles. The van der Waals surface area contributed by atoms with E-state index >= 15 is 0 Å². The molecule has 2 unspecified atom stereocenters. The van der Waals surface area contributed by atoms with Crippen LogP contribution in [0.25, 0.3) is 0 Å². The maximum Gasteiger partial charge on any atom is 0.192 e. The van der Waals surface area contributed by atoms with Crippen molar-refractivity contribution in [2.24, 2.45) is 5.92 Å². The van der Waals surface area contributed by atoms with Crippen LogP contribution in [-0.4, -0.2) is 14.4 Å². The number of hydrogen-bond acceptors (Lipinski definition) is 1. The fraction of sp³-hybridized carbons (Fsp3) is 1.00. The van der Waals surface area contributed by atoms with Crippen molar-refractivity contribution in [2.45, 2.75) is 71.2 Å². The highest BCUT2D eigenvalue weighted by Crippen LogP contribution is 2.40. The number of hydrogen-bond donors (Lipinski definition) is 0. The van der Waals surface area contributed by atoms with Gasteiger partial charge in [-0.25, -0.2) is 0 Å². The van der Waals surface area contributed by atoms with Gasteiger partial charge in [0.2, 0.25) is 0 Å². The predicted molar refractivity (Wildman–Crippen MR) is 65.1 cm³/mol. The standard InChI is InChI=1S/C12H26OSi/c1-10-7-8-11(9-10)13-14(5,6)12(2,3)4/h10-11H,7-9H2,1-6H3. The van der Waals surface area contributed by atoms with Crippen molar-refractivity contribution in [3.05, 3.63) is 0 Å². The smallest absolute Gasteiger partial charge is 0.192 e. The van der Waals surface area contributed by atoms with Crippen molar-refractivity contribution in [1.82, 2.24) is 0 Å². The second kappa shape index (κ2) is 3.97. The van der Waals surface area contributed by atoms with Crippen molar-refractivity contribution in [2.75, 3.05) is 0 Å². The van der Waals surface area contributed by atoms with Crippen LogP contribution in [-0.2, 0) is 4.43 Å². The summed E-state index contributed by atoms with van der Waals surface area (Å²) in [5.41, 5.74) is 0. The zero-order valence-electron chi connectivity index (χ0n) is 10.7. The highest BCUT2D eigenvalue weighted by Gasteiger charge is 2.40. The Morgan fingerprint density at radius 2 is 1.71 bits per heavy atom. The summed E-state index contributed by atoms with van der Waals surface area (Å²) < 4.78 is 6.37. The molecule has 1 aliphatic rings. The van der Waals surface area contributed by atoms with E-state index < -0.39 is 8.32 Å². The van der Waals surface area contributed by atoms with E-state index in [0.29, 0.717) is 11.1 Å².